The molecule has 1 aromatic rings. The van der Waals surface area contributed by atoms with E-state index in [4.69, 9.17) is 28.9 Å². The highest BCUT2D eigenvalue weighted by Gasteiger charge is 2.21. The maximum absolute atomic E-state index is 9.72. The van der Waals surface area contributed by atoms with Gasteiger partial charge in [-0.2, -0.15) is 12.6 Å². The summed E-state index contributed by atoms with van der Waals surface area (Å²) in [6, 6.07) is 2.95. The van der Waals surface area contributed by atoms with Gasteiger partial charge in [0, 0.05) is 16.3 Å². The maximum Gasteiger partial charge on any atom is 0.108 e. The lowest BCUT2D eigenvalue weighted by Crippen LogP contribution is -2.20. The van der Waals surface area contributed by atoms with E-state index in [1.807, 2.05) is 0 Å². The summed E-state index contributed by atoms with van der Waals surface area (Å²) >= 11 is 15.4. The number of aliphatic hydroxyl groups is 2. The Morgan fingerprint density at radius 3 is 2.47 bits per heavy atom. The van der Waals surface area contributed by atoms with Crippen molar-refractivity contribution in [1.29, 1.82) is 0 Å². The fourth-order valence-electron chi connectivity index (χ4n) is 1.16. The Hall–Kier alpha value is -0.130. The van der Waals surface area contributed by atoms with Crippen molar-refractivity contribution in [3.05, 3.63) is 27.7 Å². The zero-order chi connectivity index (χ0) is 11.6. The molecule has 0 aliphatic heterocycles. The van der Waals surface area contributed by atoms with Crippen molar-refractivity contribution < 1.29 is 10.2 Å². The first-order chi connectivity index (χ1) is 6.97. The van der Waals surface area contributed by atoms with Gasteiger partial charge >= 0.3 is 0 Å². The van der Waals surface area contributed by atoms with Gasteiger partial charge in [-0.3, -0.25) is 0 Å². The van der Waals surface area contributed by atoms with Crippen LogP contribution in [0.4, 0.5) is 5.69 Å². The largest absolute Gasteiger partial charge is 0.397 e. The summed E-state index contributed by atoms with van der Waals surface area (Å²) in [5.41, 5.74) is 6.19. The van der Waals surface area contributed by atoms with Crippen LogP contribution in [0.5, 0.6) is 0 Å². The molecule has 0 aromatic heterocycles. The summed E-state index contributed by atoms with van der Waals surface area (Å²) in [6.07, 6.45) is -2.15. The summed E-state index contributed by atoms with van der Waals surface area (Å²) in [5.74, 6) is 0.116. The molecule has 0 radical (unpaired) electrons. The molecule has 0 aliphatic rings. The van der Waals surface area contributed by atoms with Gasteiger partial charge in [0.05, 0.1) is 16.8 Å². The van der Waals surface area contributed by atoms with Crippen molar-refractivity contribution in [2.75, 3.05) is 11.5 Å². The molecule has 84 valence electrons. The van der Waals surface area contributed by atoms with Gasteiger partial charge in [-0.25, -0.2) is 0 Å². The summed E-state index contributed by atoms with van der Waals surface area (Å²) in [6.45, 7) is 0. The minimum atomic E-state index is -1.14. The number of halogens is 2. The van der Waals surface area contributed by atoms with Crippen LogP contribution in [0.2, 0.25) is 10.0 Å². The Bertz CT molecular complexity index is 362. The molecule has 0 amide bonds. The van der Waals surface area contributed by atoms with Crippen LogP contribution in [-0.4, -0.2) is 22.1 Å². The smallest absolute Gasteiger partial charge is 0.108 e. The van der Waals surface area contributed by atoms with Crippen molar-refractivity contribution in [2.45, 2.75) is 12.2 Å². The first-order valence-corrected chi connectivity index (χ1v) is 5.57. The summed E-state index contributed by atoms with van der Waals surface area (Å²) < 4.78 is 0. The minimum Gasteiger partial charge on any atom is -0.397 e. The zero-order valence-electron chi connectivity index (χ0n) is 7.69. The van der Waals surface area contributed by atoms with Gasteiger partial charge in [0.25, 0.3) is 0 Å². The summed E-state index contributed by atoms with van der Waals surface area (Å²) in [4.78, 5) is 0. The van der Waals surface area contributed by atoms with E-state index >= 15 is 0 Å². The standard InChI is InChI=1S/C9H11Cl2NO2S/c10-4-1-5(8(12)6(11)2-4)9(14)7(13)3-15/h1-2,7,9,13-15H,3,12H2. The number of nitrogens with two attached hydrogens (primary N) is 1. The predicted molar refractivity (Wildman–Crippen MR) is 65.7 cm³/mol. The molecule has 15 heavy (non-hydrogen) atoms. The number of anilines is 1. The van der Waals surface area contributed by atoms with Crippen molar-refractivity contribution in [3.8, 4) is 0 Å². The Morgan fingerprint density at radius 2 is 1.93 bits per heavy atom. The SMILES string of the molecule is Nc1c(Cl)cc(Cl)cc1C(O)C(O)CS. The quantitative estimate of drug-likeness (QED) is 0.500. The first kappa shape index (κ1) is 12.9. The van der Waals surface area contributed by atoms with Crippen LogP contribution < -0.4 is 5.73 Å². The number of nitrogen functional groups attached to an aromatic ring is 1. The molecule has 3 nitrogen and oxygen atoms in total. The second-order valence-corrected chi connectivity index (χ2v) is 4.29. The van der Waals surface area contributed by atoms with E-state index in [0.29, 0.717) is 10.6 Å². The van der Waals surface area contributed by atoms with E-state index in [9.17, 15) is 10.2 Å². The topological polar surface area (TPSA) is 66.5 Å². The van der Waals surface area contributed by atoms with Crippen LogP contribution in [0.3, 0.4) is 0 Å². The van der Waals surface area contributed by atoms with E-state index in [-0.39, 0.29) is 16.5 Å². The second-order valence-electron chi connectivity index (χ2n) is 3.09. The van der Waals surface area contributed by atoms with Crippen molar-refractivity contribution in [1.82, 2.24) is 0 Å². The Kier molecular flexibility index (Phi) is 4.55. The summed E-state index contributed by atoms with van der Waals surface area (Å²) in [7, 11) is 0. The molecule has 0 bridgehead atoms. The molecule has 0 saturated carbocycles. The normalized spacial score (nSPS) is 15.0. The van der Waals surface area contributed by atoms with Crippen LogP contribution in [0.15, 0.2) is 12.1 Å². The summed E-state index contributed by atoms with van der Waals surface area (Å²) in [5, 5.41) is 19.7. The van der Waals surface area contributed by atoms with Gasteiger partial charge in [0.1, 0.15) is 6.10 Å². The van der Waals surface area contributed by atoms with Gasteiger partial charge in [0.2, 0.25) is 0 Å². The molecule has 6 heteroatoms. The van der Waals surface area contributed by atoms with Crippen LogP contribution in [-0.2, 0) is 0 Å². The third-order valence-electron chi connectivity index (χ3n) is 2.00. The van der Waals surface area contributed by atoms with Crippen LogP contribution in [0.1, 0.15) is 11.7 Å². The molecule has 1 rings (SSSR count). The molecule has 4 N–H and O–H groups in total. The number of rotatable bonds is 3. The average Bonchev–Trinajstić information content (AvgIpc) is 2.21. The Labute approximate surface area is 103 Å². The lowest BCUT2D eigenvalue weighted by atomic mass is 10.0. The predicted octanol–water partition coefficient (Wildman–Crippen LogP) is 1.90. The van der Waals surface area contributed by atoms with Crippen molar-refractivity contribution in [3.63, 3.8) is 0 Å². The van der Waals surface area contributed by atoms with Gasteiger partial charge in [-0.05, 0) is 12.1 Å². The number of thiol groups is 1. The lowest BCUT2D eigenvalue weighted by molar-refractivity contribution is 0.0342. The Morgan fingerprint density at radius 1 is 1.33 bits per heavy atom. The fourth-order valence-corrected chi connectivity index (χ4v) is 1.87. The maximum atomic E-state index is 9.72. The van der Waals surface area contributed by atoms with Gasteiger partial charge in [0.15, 0.2) is 0 Å². The van der Waals surface area contributed by atoms with Crippen LogP contribution >= 0.6 is 35.8 Å². The Balaban J connectivity index is 3.13. The molecule has 0 aliphatic carbocycles. The number of aliphatic hydroxyl groups excluding tert-OH is 2. The third kappa shape index (κ3) is 2.92. The molecular formula is C9H11Cl2NO2S. The van der Waals surface area contributed by atoms with Gasteiger partial charge in [-0.15, -0.1) is 0 Å². The minimum absolute atomic E-state index is 0.116. The van der Waals surface area contributed by atoms with E-state index in [1.165, 1.54) is 12.1 Å². The zero-order valence-corrected chi connectivity index (χ0v) is 10.1. The monoisotopic (exact) mass is 267 g/mol. The third-order valence-corrected chi connectivity index (χ3v) is 2.90. The number of hydrogen-bond acceptors (Lipinski definition) is 4. The van der Waals surface area contributed by atoms with E-state index in [1.54, 1.807) is 0 Å². The first-order valence-electron chi connectivity index (χ1n) is 4.18. The fraction of sp³-hybridized carbons (Fsp3) is 0.333. The highest BCUT2D eigenvalue weighted by molar-refractivity contribution is 7.80. The van der Waals surface area contributed by atoms with E-state index in [0.717, 1.165) is 0 Å². The molecule has 2 atom stereocenters. The molecule has 0 fully saturated rings. The van der Waals surface area contributed by atoms with Gasteiger partial charge in [-0.1, -0.05) is 23.2 Å². The number of hydrogen-bond donors (Lipinski definition) is 4. The highest BCUT2D eigenvalue weighted by Crippen LogP contribution is 2.32. The number of benzene rings is 1. The van der Waals surface area contributed by atoms with Crippen LogP contribution in [0, 0.1) is 0 Å². The molecule has 0 heterocycles. The highest BCUT2D eigenvalue weighted by atomic mass is 35.5. The van der Waals surface area contributed by atoms with Crippen molar-refractivity contribution >= 4 is 41.5 Å². The van der Waals surface area contributed by atoms with E-state index < -0.39 is 12.2 Å². The lowest BCUT2D eigenvalue weighted by Gasteiger charge is -2.18. The average molecular weight is 268 g/mol. The molecular weight excluding hydrogens is 257 g/mol. The van der Waals surface area contributed by atoms with Gasteiger partial charge < -0.3 is 15.9 Å². The second kappa shape index (κ2) is 5.27. The van der Waals surface area contributed by atoms with Crippen LogP contribution in [0.25, 0.3) is 0 Å². The molecule has 0 saturated heterocycles. The molecule has 1 aromatic carbocycles. The van der Waals surface area contributed by atoms with E-state index in [2.05, 4.69) is 12.6 Å². The van der Waals surface area contributed by atoms with Crippen molar-refractivity contribution in [2.24, 2.45) is 0 Å². The molecule has 0 spiro atoms. The molecule has 2 unspecified atom stereocenters.